The highest BCUT2D eigenvalue weighted by molar-refractivity contribution is 7.88. The number of allylic oxidation sites excluding steroid dienone is 1. The largest absolute Gasteiger partial charge is 0.444 e. The number of carbonyl (C=O) groups is 1. The summed E-state index contributed by atoms with van der Waals surface area (Å²) in [6.45, 7) is 8.08. The van der Waals surface area contributed by atoms with Crippen molar-refractivity contribution in [2.75, 3.05) is 33.0 Å². The number of rotatable bonds is 7. The number of hydrogen-bond acceptors (Lipinski definition) is 6. The van der Waals surface area contributed by atoms with Crippen molar-refractivity contribution in [1.29, 1.82) is 0 Å². The summed E-state index contributed by atoms with van der Waals surface area (Å²) < 4.78 is 30.8. The summed E-state index contributed by atoms with van der Waals surface area (Å²) in [7, 11) is -1.58. The average Bonchev–Trinajstić information content (AvgIpc) is 2.76. The number of hydroxylamine groups is 1. The minimum atomic E-state index is -3.18. The van der Waals surface area contributed by atoms with Crippen LogP contribution in [0.2, 0.25) is 0 Å². The van der Waals surface area contributed by atoms with Crippen LogP contribution in [0, 0.1) is 5.92 Å². The molecule has 0 spiro atoms. The number of ether oxygens (including phenoxy) is 1. The van der Waals surface area contributed by atoms with Gasteiger partial charge in [0.15, 0.2) is 0 Å². The van der Waals surface area contributed by atoms with Gasteiger partial charge in [-0.25, -0.2) is 13.2 Å². The van der Waals surface area contributed by atoms with Crippen LogP contribution in [0.4, 0.5) is 4.79 Å². The third kappa shape index (κ3) is 7.45. The van der Waals surface area contributed by atoms with Gasteiger partial charge in [-0.1, -0.05) is 18.2 Å². The molecule has 1 aromatic carbocycles. The molecule has 0 unspecified atom stereocenters. The zero-order valence-electron chi connectivity index (χ0n) is 21.1. The number of fused-ring (bicyclic) bond motifs is 1. The Labute approximate surface area is 204 Å². The Morgan fingerprint density at radius 2 is 1.88 bits per heavy atom. The summed E-state index contributed by atoms with van der Waals surface area (Å²) in [5, 5.41) is 0. The quantitative estimate of drug-likeness (QED) is 0.579. The van der Waals surface area contributed by atoms with Gasteiger partial charge in [0.2, 0.25) is 10.0 Å². The van der Waals surface area contributed by atoms with E-state index in [1.54, 1.807) is 7.11 Å². The SMILES string of the molecule is CONC(=CCCC1CCN(C(=O)OC(C)(C)C)CC1)c1ccc2c(c1)CCN(S(C)(=O)=O)C2. The minimum Gasteiger partial charge on any atom is -0.444 e. The fourth-order valence-corrected chi connectivity index (χ4v) is 5.30. The maximum absolute atomic E-state index is 12.3. The molecule has 1 N–H and O–H groups in total. The number of likely N-dealkylation sites (tertiary alicyclic amines) is 1. The molecule has 0 atom stereocenters. The van der Waals surface area contributed by atoms with E-state index in [0.29, 0.717) is 25.4 Å². The highest BCUT2D eigenvalue weighted by Crippen LogP contribution is 2.27. The molecule has 2 heterocycles. The Kier molecular flexibility index (Phi) is 8.65. The lowest BCUT2D eigenvalue weighted by Crippen LogP contribution is -2.41. The number of benzene rings is 1. The average molecular weight is 494 g/mol. The van der Waals surface area contributed by atoms with Crippen LogP contribution in [0.15, 0.2) is 24.3 Å². The van der Waals surface area contributed by atoms with Gasteiger partial charge in [0, 0.05) is 26.2 Å². The highest BCUT2D eigenvalue weighted by atomic mass is 32.2. The normalized spacial score (nSPS) is 18.5. The van der Waals surface area contributed by atoms with Gasteiger partial charge >= 0.3 is 6.09 Å². The second-order valence-electron chi connectivity index (χ2n) is 10.2. The van der Waals surface area contributed by atoms with E-state index in [0.717, 1.165) is 55.6 Å². The highest BCUT2D eigenvalue weighted by Gasteiger charge is 2.27. The zero-order valence-corrected chi connectivity index (χ0v) is 21.9. The molecule has 8 nitrogen and oxygen atoms in total. The van der Waals surface area contributed by atoms with Crippen molar-refractivity contribution in [3.8, 4) is 0 Å². The molecule has 0 aromatic heterocycles. The lowest BCUT2D eigenvalue weighted by molar-refractivity contribution is 0.0181. The summed E-state index contributed by atoms with van der Waals surface area (Å²) in [6, 6.07) is 6.16. The number of carbonyl (C=O) groups excluding carboxylic acids is 1. The van der Waals surface area contributed by atoms with Crippen LogP contribution >= 0.6 is 0 Å². The molecule has 2 aliphatic rings. The Bertz CT molecular complexity index is 992. The Morgan fingerprint density at radius 1 is 1.18 bits per heavy atom. The Morgan fingerprint density at radius 3 is 2.50 bits per heavy atom. The number of amides is 1. The maximum Gasteiger partial charge on any atom is 0.410 e. The van der Waals surface area contributed by atoms with E-state index in [2.05, 4.69) is 17.6 Å². The van der Waals surface area contributed by atoms with Crippen LogP contribution in [-0.4, -0.2) is 62.3 Å². The number of sulfonamides is 1. The fraction of sp³-hybridized carbons (Fsp3) is 0.640. The van der Waals surface area contributed by atoms with Crippen molar-refractivity contribution in [3.05, 3.63) is 41.0 Å². The summed E-state index contributed by atoms with van der Waals surface area (Å²) in [5.74, 6) is 0.573. The van der Waals surface area contributed by atoms with Crippen LogP contribution in [0.3, 0.4) is 0 Å². The van der Waals surface area contributed by atoms with E-state index < -0.39 is 15.6 Å². The molecule has 1 saturated heterocycles. The van der Waals surface area contributed by atoms with E-state index in [4.69, 9.17) is 9.57 Å². The summed E-state index contributed by atoms with van der Waals surface area (Å²) in [6.07, 6.45) is 7.82. The molecule has 190 valence electrons. The molecule has 1 aromatic rings. The van der Waals surface area contributed by atoms with E-state index in [9.17, 15) is 13.2 Å². The van der Waals surface area contributed by atoms with E-state index in [1.807, 2.05) is 37.8 Å². The van der Waals surface area contributed by atoms with E-state index in [-0.39, 0.29) is 6.09 Å². The molecule has 0 radical (unpaired) electrons. The molecule has 3 rings (SSSR count). The molecule has 2 aliphatic heterocycles. The third-order valence-corrected chi connectivity index (χ3v) is 7.61. The first kappa shape index (κ1) is 26.5. The topological polar surface area (TPSA) is 88.2 Å². The first-order valence-corrected chi connectivity index (χ1v) is 13.9. The maximum atomic E-state index is 12.3. The fourth-order valence-electron chi connectivity index (χ4n) is 4.50. The molecule has 9 heteroatoms. The van der Waals surface area contributed by atoms with Crippen molar-refractivity contribution in [2.24, 2.45) is 5.92 Å². The summed E-state index contributed by atoms with van der Waals surface area (Å²) in [4.78, 5) is 19.3. The number of nitrogens with zero attached hydrogens (tertiary/aromatic N) is 2. The second-order valence-corrected chi connectivity index (χ2v) is 12.2. The molecule has 1 fully saturated rings. The zero-order chi connectivity index (χ0) is 24.9. The molecule has 0 saturated carbocycles. The predicted octanol–water partition coefficient (Wildman–Crippen LogP) is 3.92. The predicted molar refractivity (Wildman–Crippen MR) is 133 cm³/mol. The van der Waals surface area contributed by atoms with Gasteiger partial charge in [-0.2, -0.15) is 4.31 Å². The molecule has 0 aliphatic carbocycles. The van der Waals surface area contributed by atoms with Gasteiger partial charge in [0.1, 0.15) is 5.60 Å². The van der Waals surface area contributed by atoms with Gasteiger partial charge in [-0.15, -0.1) is 0 Å². The Balaban J connectivity index is 1.56. The second kappa shape index (κ2) is 11.1. The van der Waals surface area contributed by atoms with Gasteiger partial charge in [-0.3, -0.25) is 10.3 Å². The molecular weight excluding hydrogens is 454 g/mol. The van der Waals surface area contributed by atoms with Crippen LogP contribution in [0.5, 0.6) is 0 Å². The third-order valence-electron chi connectivity index (χ3n) is 6.37. The summed E-state index contributed by atoms with van der Waals surface area (Å²) >= 11 is 0. The van der Waals surface area contributed by atoms with E-state index >= 15 is 0 Å². The van der Waals surface area contributed by atoms with Crippen molar-refractivity contribution >= 4 is 21.8 Å². The standard InChI is InChI=1S/C25H39N3O5S/c1-25(2,3)33-24(29)27-14-11-19(12-15-27)7-6-8-23(26-32-4)21-9-10-22-18-28(34(5,30)31)16-13-20(22)17-21/h8-10,17,19,26H,6-7,11-16,18H2,1-5H3. The van der Waals surface area contributed by atoms with Crippen molar-refractivity contribution in [2.45, 2.75) is 65.0 Å². The van der Waals surface area contributed by atoms with Crippen LogP contribution in [0.25, 0.3) is 5.70 Å². The minimum absolute atomic E-state index is 0.218. The Hall–Kier alpha value is -2.10. The van der Waals surface area contributed by atoms with Crippen LogP contribution in [-0.2, 0) is 32.6 Å². The monoisotopic (exact) mass is 493 g/mol. The van der Waals surface area contributed by atoms with Gasteiger partial charge < -0.3 is 9.64 Å². The number of nitrogens with one attached hydrogen (secondary N) is 1. The molecule has 1 amide bonds. The first-order valence-electron chi connectivity index (χ1n) is 12.0. The van der Waals surface area contributed by atoms with Crippen LogP contribution < -0.4 is 5.48 Å². The van der Waals surface area contributed by atoms with Gasteiger partial charge in [0.05, 0.1) is 19.1 Å². The van der Waals surface area contributed by atoms with Crippen LogP contribution in [0.1, 0.15) is 63.1 Å². The van der Waals surface area contributed by atoms with Crippen molar-refractivity contribution < 1.29 is 22.8 Å². The van der Waals surface area contributed by atoms with Crippen molar-refractivity contribution in [3.63, 3.8) is 0 Å². The molecule has 0 bridgehead atoms. The number of piperidine rings is 1. The lowest BCUT2D eigenvalue weighted by Gasteiger charge is -2.33. The van der Waals surface area contributed by atoms with Gasteiger partial charge in [-0.05, 0) is 81.5 Å². The van der Waals surface area contributed by atoms with E-state index in [1.165, 1.54) is 16.1 Å². The lowest BCUT2D eigenvalue weighted by atomic mass is 9.91. The number of hydrogen-bond donors (Lipinski definition) is 1. The van der Waals surface area contributed by atoms with Gasteiger partial charge in [0.25, 0.3) is 0 Å². The smallest absolute Gasteiger partial charge is 0.410 e. The summed E-state index contributed by atoms with van der Waals surface area (Å²) in [5.41, 5.74) is 6.72. The first-order chi connectivity index (χ1) is 16.0. The molecular formula is C25H39N3O5S. The molecule has 34 heavy (non-hydrogen) atoms. The van der Waals surface area contributed by atoms with Crippen molar-refractivity contribution in [1.82, 2.24) is 14.7 Å².